The lowest BCUT2D eigenvalue weighted by Gasteiger charge is -2.25. The van der Waals surface area contributed by atoms with Crippen LogP contribution in [0.1, 0.15) is 49.8 Å². The lowest BCUT2D eigenvalue weighted by atomic mass is 10.0. The Morgan fingerprint density at radius 3 is 2.63 bits per heavy atom. The van der Waals surface area contributed by atoms with Crippen molar-refractivity contribution in [3.63, 3.8) is 0 Å². The fourth-order valence-electron chi connectivity index (χ4n) is 2.78. The normalized spacial score (nSPS) is 19.5. The second-order valence-electron chi connectivity index (χ2n) is 5.50. The van der Waals surface area contributed by atoms with Gasteiger partial charge in [0.25, 0.3) is 0 Å². The van der Waals surface area contributed by atoms with E-state index in [1.165, 1.54) is 41.5 Å². The molecule has 0 bridgehead atoms. The molecule has 3 heteroatoms. The van der Waals surface area contributed by atoms with E-state index in [9.17, 15) is 0 Å². The van der Waals surface area contributed by atoms with Crippen LogP contribution in [0, 0.1) is 5.92 Å². The van der Waals surface area contributed by atoms with E-state index in [0.29, 0.717) is 5.25 Å². The average molecular weight is 342 g/mol. The van der Waals surface area contributed by atoms with Gasteiger partial charge in [-0.15, -0.1) is 0 Å². The summed E-state index contributed by atoms with van der Waals surface area (Å²) in [5.41, 5.74) is 7.72. The number of hydrogen-bond acceptors (Lipinski definition) is 2. The molecule has 1 aromatic rings. The number of nitrogens with two attached hydrogens (primary N) is 1. The summed E-state index contributed by atoms with van der Waals surface area (Å²) in [6.45, 7) is 2.19. The molecule has 0 aliphatic heterocycles. The summed E-state index contributed by atoms with van der Waals surface area (Å²) in [7, 11) is 0. The molecule has 19 heavy (non-hydrogen) atoms. The molecule has 2 N–H and O–H groups in total. The number of hydrogen-bond donors (Lipinski definition) is 1. The molecule has 1 fully saturated rings. The lowest BCUT2D eigenvalue weighted by molar-refractivity contribution is 0.607. The Labute approximate surface area is 129 Å². The molecule has 0 radical (unpaired) electrons. The van der Waals surface area contributed by atoms with Crippen molar-refractivity contribution in [1.29, 1.82) is 0 Å². The summed E-state index contributed by atoms with van der Waals surface area (Å²) in [4.78, 5) is 0. The molecule has 1 aromatic carbocycles. The topological polar surface area (TPSA) is 26.0 Å². The van der Waals surface area contributed by atoms with Gasteiger partial charge in [-0.25, -0.2) is 0 Å². The predicted octanol–water partition coefficient (Wildman–Crippen LogP) is 5.15. The van der Waals surface area contributed by atoms with E-state index in [-0.39, 0.29) is 6.04 Å². The van der Waals surface area contributed by atoms with E-state index < -0.39 is 0 Å². The van der Waals surface area contributed by atoms with Gasteiger partial charge < -0.3 is 5.73 Å². The third-order valence-corrected chi connectivity index (χ3v) is 6.41. The third-order valence-electron chi connectivity index (χ3n) is 4.06. The zero-order chi connectivity index (χ0) is 13.7. The molecule has 2 atom stereocenters. The molecule has 2 unspecified atom stereocenters. The minimum absolute atomic E-state index is 0.241. The van der Waals surface area contributed by atoms with Gasteiger partial charge in [0.2, 0.25) is 0 Å². The van der Waals surface area contributed by atoms with Crippen LogP contribution in [-0.4, -0.2) is 11.8 Å². The zero-order valence-corrected chi connectivity index (χ0v) is 14.1. The minimum atomic E-state index is 0.241. The molecule has 0 saturated heterocycles. The largest absolute Gasteiger partial charge is 0.326 e. The first-order chi connectivity index (χ1) is 9.22. The van der Waals surface area contributed by atoms with E-state index in [2.05, 4.69) is 58.9 Å². The highest BCUT2D eigenvalue weighted by atomic mass is 79.9. The Hall–Kier alpha value is 0.01000. The van der Waals surface area contributed by atoms with E-state index in [1.54, 1.807) is 0 Å². The van der Waals surface area contributed by atoms with Crippen LogP contribution in [0.2, 0.25) is 0 Å². The maximum absolute atomic E-state index is 6.36. The van der Waals surface area contributed by atoms with Crippen molar-refractivity contribution in [2.75, 3.05) is 5.75 Å². The van der Waals surface area contributed by atoms with Crippen molar-refractivity contribution in [3.05, 3.63) is 34.3 Å². The van der Waals surface area contributed by atoms with Crippen LogP contribution in [0.15, 0.2) is 28.7 Å². The summed E-state index contributed by atoms with van der Waals surface area (Å²) in [6.07, 6.45) is 6.70. The second kappa shape index (κ2) is 7.70. The first-order valence-corrected chi connectivity index (χ1v) is 9.18. The standard InChI is InChI=1S/C16H24BrNS/c1-2-15(18)16(13-9-5-6-10-14(13)17)19-11-12-7-3-4-8-12/h5-6,9-10,12,15-16H,2-4,7-8,11,18H2,1H3. The molecule has 106 valence electrons. The van der Waals surface area contributed by atoms with Crippen LogP contribution in [0.3, 0.4) is 0 Å². The molecule has 0 aromatic heterocycles. The smallest absolute Gasteiger partial charge is 0.0459 e. The fraction of sp³-hybridized carbons (Fsp3) is 0.625. The summed E-state index contributed by atoms with van der Waals surface area (Å²) in [5, 5.41) is 0.418. The van der Waals surface area contributed by atoms with Gasteiger partial charge in [0.1, 0.15) is 0 Å². The number of halogens is 1. The average Bonchev–Trinajstić information content (AvgIpc) is 2.93. The van der Waals surface area contributed by atoms with Crippen molar-refractivity contribution in [3.8, 4) is 0 Å². The van der Waals surface area contributed by atoms with Crippen LogP contribution in [0.4, 0.5) is 0 Å². The SMILES string of the molecule is CCC(N)C(SCC1CCCC1)c1ccccc1Br. The molecule has 0 heterocycles. The van der Waals surface area contributed by atoms with Crippen LogP contribution in [0.25, 0.3) is 0 Å². The molecule has 0 amide bonds. The van der Waals surface area contributed by atoms with Crippen LogP contribution < -0.4 is 5.73 Å². The maximum atomic E-state index is 6.36. The lowest BCUT2D eigenvalue weighted by Crippen LogP contribution is -2.26. The van der Waals surface area contributed by atoms with Gasteiger partial charge in [0, 0.05) is 15.8 Å². The highest BCUT2D eigenvalue weighted by molar-refractivity contribution is 9.10. The van der Waals surface area contributed by atoms with Crippen LogP contribution in [-0.2, 0) is 0 Å². The Kier molecular flexibility index (Phi) is 6.24. The first-order valence-electron chi connectivity index (χ1n) is 7.34. The minimum Gasteiger partial charge on any atom is -0.326 e. The molecule has 1 nitrogen and oxygen atoms in total. The fourth-order valence-corrected chi connectivity index (χ4v) is 5.10. The van der Waals surface area contributed by atoms with Gasteiger partial charge in [-0.1, -0.05) is 53.9 Å². The number of rotatable bonds is 6. The van der Waals surface area contributed by atoms with E-state index in [0.717, 1.165) is 12.3 Å². The Bertz CT molecular complexity index is 390. The first kappa shape index (κ1) is 15.4. The van der Waals surface area contributed by atoms with E-state index in [4.69, 9.17) is 5.73 Å². The predicted molar refractivity (Wildman–Crippen MR) is 89.6 cm³/mol. The van der Waals surface area contributed by atoms with Gasteiger partial charge in [0.15, 0.2) is 0 Å². The number of thioether (sulfide) groups is 1. The molecular formula is C16H24BrNS. The Balaban J connectivity index is 2.05. The molecule has 1 aliphatic rings. The van der Waals surface area contributed by atoms with Crippen molar-refractivity contribution >= 4 is 27.7 Å². The molecule has 0 spiro atoms. The number of benzene rings is 1. The highest BCUT2D eigenvalue weighted by Gasteiger charge is 2.23. The van der Waals surface area contributed by atoms with Gasteiger partial charge in [-0.3, -0.25) is 0 Å². The summed E-state index contributed by atoms with van der Waals surface area (Å²) >= 11 is 5.74. The monoisotopic (exact) mass is 341 g/mol. The van der Waals surface area contributed by atoms with E-state index in [1.807, 2.05) is 0 Å². The Morgan fingerprint density at radius 2 is 2.00 bits per heavy atom. The van der Waals surface area contributed by atoms with Gasteiger partial charge >= 0.3 is 0 Å². The van der Waals surface area contributed by atoms with Crippen molar-refractivity contribution in [2.45, 2.75) is 50.3 Å². The van der Waals surface area contributed by atoms with Crippen molar-refractivity contribution in [2.24, 2.45) is 11.7 Å². The molecular weight excluding hydrogens is 318 g/mol. The third kappa shape index (κ3) is 4.24. The van der Waals surface area contributed by atoms with Gasteiger partial charge in [-0.05, 0) is 42.6 Å². The van der Waals surface area contributed by atoms with Crippen LogP contribution >= 0.6 is 27.7 Å². The second-order valence-corrected chi connectivity index (χ2v) is 7.53. The molecule has 2 rings (SSSR count). The summed E-state index contributed by atoms with van der Waals surface area (Å²) in [5.74, 6) is 2.18. The summed E-state index contributed by atoms with van der Waals surface area (Å²) in [6, 6.07) is 8.77. The van der Waals surface area contributed by atoms with E-state index >= 15 is 0 Å². The molecule has 1 saturated carbocycles. The Morgan fingerprint density at radius 1 is 1.32 bits per heavy atom. The van der Waals surface area contributed by atoms with Crippen molar-refractivity contribution in [1.82, 2.24) is 0 Å². The highest BCUT2D eigenvalue weighted by Crippen LogP contribution is 2.39. The van der Waals surface area contributed by atoms with Gasteiger partial charge in [-0.2, -0.15) is 11.8 Å². The summed E-state index contributed by atoms with van der Waals surface area (Å²) < 4.78 is 1.20. The maximum Gasteiger partial charge on any atom is 0.0459 e. The van der Waals surface area contributed by atoms with Crippen LogP contribution in [0.5, 0.6) is 0 Å². The van der Waals surface area contributed by atoms with Gasteiger partial charge in [0.05, 0.1) is 0 Å². The zero-order valence-electron chi connectivity index (χ0n) is 11.6. The molecule has 1 aliphatic carbocycles. The van der Waals surface area contributed by atoms with Crippen molar-refractivity contribution < 1.29 is 0 Å². The quantitative estimate of drug-likeness (QED) is 0.774.